The molecule has 0 fully saturated rings. The van der Waals surface area contributed by atoms with Gasteiger partial charge in [0.2, 0.25) is 5.75 Å². The molecular formula is C20H18N2O6. The molecule has 2 aromatic rings. The molecule has 144 valence electrons. The maximum absolute atomic E-state index is 12.5. The van der Waals surface area contributed by atoms with Gasteiger partial charge >= 0.3 is 5.97 Å². The zero-order chi connectivity index (χ0) is 20.7. The molecule has 1 amide bonds. The summed E-state index contributed by atoms with van der Waals surface area (Å²) in [5.41, 5.74) is 5.68. The first-order valence-electron chi connectivity index (χ1n) is 7.97. The Balaban J connectivity index is 2.24. The summed E-state index contributed by atoms with van der Waals surface area (Å²) in [5, 5.41) is 8.86. The monoisotopic (exact) mass is 382 g/mol. The molecule has 0 bridgehead atoms. The number of primary amides is 1. The van der Waals surface area contributed by atoms with E-state index >= 15 is 0 Å². The van der Waals surface area contributed by atoms with Crippen LogP contribution < -0.4 is 24.7 Å². The number of esters is 1. The van der Waals surface area contributed by atoms with Crippen molar-refractivity contribution in [1.29, 1.82) is 5.26 Å². The lowest BCUT2D eigenvalue weighted by Crippen LogP contribution is -2.12. The summed E-state index contributed by atoms with van der Waals surface area (Å²) >= 11 is 0. The van der Waals surface area contributed by atoms with E-state index in [9.17, 15) is 9.59 Å². The Morgan fingerprint density at radius 2 is 1.57 bits per heavy atom. The molecule has 2 rings (SSSR count). The number of amides is 1. The molecule has 0 atom stereocenters. The van der Waals surface area contributed by atoms with Gasteiger partial charge in [0.05, 0.1) is 26.9 Å². The van der Waals surface area contributed by atoms with Crippen LogP contribution in [0.15, 0.2) is 42.0 Å². The maximum Gasteiger partial charge on any atom is 0.343 e. The second-order valence-corrected chi connectivity index (χ2v) is 5.41. The minimum absolute atomic E-state index is 0.179. The third-order valence-electron chi connectivity index (χ3n) is 3.69. The van der Waals surface area contributed by atoms with E-state index in [-0.39, 0.29) is 16.9 Å². The molecule has 0 aliphatic rings. The average Bonchev–Trinajstić information content (AvgIpc) is 2.71. The first kappa shape index (κ1) is 20.3. The highest BCUT2D eigenvalue weighted by molar-refractivity contribution is 6.00. The van der Waals surface area contributed by atoms with Crippen LogP contribution >= 0.6 is 0 Å². The van der Waals surface area contributed by atoms with Gasteiger partial charge in [0.25, 0.3) is 5.91 Å². The van der Waals surface area contributed by atoms with Crippen LogP contribution in [0.3, 0.4) is 0 Å². The Morgan fingerprint density at radius 1 is 1.00 bits per heavy atom. The Bertz CT molecular complexity index is 933. The number of rotatable bonds is 7. The molecule has 8 heteroatoms. The highest BCUT2D eigenvalue weighted by atomic mass is 16.5. The van der Waals surface area contributed by atoms with Crippen LogP contribution in [0.2, 0.25) is 0 Å². The van der Waals surface area contributed by atoms with E-state index < -0.39 is 11.9 Å². The zero-order valence-corrected chi connectivity index (χ0v) is 15.5. The van der Waals surface area contributed by atoms with Crippen molar-refractivity contribution in [3.8, 4) is 29.1 Å². The van der Waals surface area contributed by atoms with Gasteiger partial charge in [-0.05, 0) is 35.9 Å². The number of carbonyl (C=O) groups is 2. The number of benzene rings is 2. The number of nitrogens with zero attached hydrogens (tertiary/aromatic N) is 1. The summed E-state index contributed by atoms with van der Waals surface area (Å²) in [6.07, 6.45) is 1.34. The second-order valence-electron chi connectivity index (χ2n) is 5.41. The molecule has 0 unspecified atom stereocenters. The van der Waals surface area contributed by atoms with Gasteiger partial charge in [-0.2, -0.15) is 5.26 Å². The lowest BCUT2D eigenvalue weighted by molar-refractivity contribution is -0.114. The van der Waals surface area contributed by atoms with Crippen molar-refractivity contribution in [3.63, 3.8) is 0 Å². The highest BCUT2D eigenvalue weighted by Gasteiger charge is 2.18. The topological polar surface area (TPSA) is 121 Å². The Morgan fingerprint density at radius 3 is 2.00 bits per heavy atom. The van der Waals surface area contributed by atoms with Crippen molar-refractivity contribution in [3.05, 3.63) is 53.1 Å². The van der Waals surface area contributed by atoms with Gasteiger partial charge < -0.3 is 24.7 Å². The van der Waals surface area contributed by atoms with Crippen LogP contribution in [0.5, 0.6) is 23.0 Å². The quantitative estimate of drug-likeness (QED) is 0.337. The van der Waals surface area contributed by atoms with Crippen LogP contribution in [0, 0.1) is 11.3 Å². The molecule has 0 heterocycles. The van der Waals surface area contributed by atoms with E-state index in [0.717, 1.165) is 0 Å². The fraction of sp³-hybridized carbons (Fsp3) is 0.150. The lowest BCUT2D eigenvalue weighted by atomic mass is 10.1. The molecule has 0 aliphatic carbocycles. The number of hydrogen-bond donors (Lipinski definition) is 1. The number of hydrogen-bond acceptors (Lipinski definition) is 7. The molecular weight excluding hydrogens is 364 g/mol. The van der Waals surface area contributed by atoms with E-state index in [0.29, 0.717) is 22.8 Å². The summed E-state index contributed by atoms with van der Waals surface area (Å²) < 4.78 is 21.0. The van der Waals surface area contributed by atoms with E-state index in [2.05, 4.69) is 0 Å². The van der Waals surface area contributed by atoms with Crippen molar-refractivity contribution >= 4 is 18.0 Å². The molecule has 0 saturated carbocycles. The molecule has 0 saturated heterocycles. The van der Waals surface area contributed by atoms with Crippen molar-refractivity contribution in [1.82, 2.24) is 0 Å². The summed E-state index contributed by atoms with van der Waals surface area (Å²) in [4.78, 5) is 23.5. The van der Waals surface area contributed by atoms with Gasteiger partial charge in [-0.15, -0.1) is 0 Å². The van der Waals surface area contributed by atoms with Crippen LogP contribution in [0.4, 0.5) is 0 Å². The second kappa shape index (κ2) is 9.09. The highest BCUT2D eigenvalue weighted by Crippen LogP contribution is 2.38. The predicted octanol–water partition coefficient (Wildman–Crippen LogP) is 2.32. The summed E-state index contributed by atoms with van der Waals surface area (Å²) in [6, 6.07) is 10.9. The van der Waals surface area contributed by atoms with E-state index in [1.54, 1.807) is 18.2 Å². The standard InChI is InChI=1S/C20H18N2O6/c1-25-16-9-13(10-17(26-2)18(16)27-3)20(24)28-15-6-4-12(5-7-15)8-14(11-21)19(22)23/h4-10H,1-3H3,(H2,22,23)/b14-8+. The van der Waals surface area contributed by atoms with Crippen LogP contribution in [-0.4, -0.2) is 33.2 Å². The Kier molecular flexibility index (Phi) is 6.60. The smallest absolute Gasteiger partial charge is 0.343 e. The summed E-state index contributed by atoms with van der Waals surface area (Å²) in [7, 11) is 4.35. The third-order valence-corrected chi connectivity index (χ3v) is 3.69. The first-order valence-corrected chi connectivity index (χ1v) is 7.97. The van der Waals surface area contributed by atoms with Gasteiger partial charge in [0.15, 0.2) is 11.5 Å². The number of methoxy groups -OCH3 is 3. The predicted molar refractivity (Wildman–Crippen MR) is 100 cm³/mol. The first-order chi connectivity index (χ1) is 13.4. The summed E-state index contributed by atoms with van der Waals surface area (Å²) in [6.45, 7) is 0. The number of nitriles is 1. The van der Waals surface area contributed by atoms with Crippen molar-refractivity contribution in [2.45, 2.75) is 0 Å². The Labute approximate surface area is 161 Å². The van der Waals surface area contributed by atoms with E-state index in [1.165, 1.54) is 51.7 Å². The van der Waals surface area contributed by atoms with Gasteiger partial charge in [-0.1, -0.05) is 12.1 Å². The molecule has 8 nitrogen and oxygen atoms in total. The Hall–Kier alpha value is -3.99. The van der Waals surface area contributed by atoms with Gasteiger partial charge in [-0.25, -0.2) is 4.79 Å². The maximum atomic E-state index is 12.5. The van der Waals surface area contributed by atoms with Gasteiger partial charge in [0, 0.05) is 0 Å². The van der Waals surface area contributed by atoms with E-state index in [4.69, 9.17) is 29.9 Å². The van der Waals surface area contributed by atoms with Crippen LogP contribution in [-0.2, 0) is 4.79 Å². The number of nitrogens with two attached hydrogens (primary N) is 1. The molecule has 28 heavy (non-hydrogen) atoms. The van der Waals surface area contributed by atoms with Crippen molar-refractivity contribution < 1.29 is 28.5 Å². The normalized spacial score (nSPS) is 10.6. The van der Waals surface area contributed by atoms with Gasteiger partial charge in [0.1, 0.15) is 17.4 Å². The fourth-order valence-electron chi connectivity index (χ4n) is 2.32. The molecule has 0 aromatic heterocycles. The molecule has 2 aromatic carbocycles. The zero-order valence-electron chi connectivity index (χ0n) is 15.5. The fourth-order valence-corrected chi connectivity index (χ4v) is 2.32. The lowest BCUT2D eigenvalue weighted by Gasteiger charge is -2.13. The SMILES string of the molecule is COc1cc(C(=O)Oc2ccc(/C=C(\C#N)C(N)=O)cc2)cc(OC)c1OC. The molecule has 0 aliphatic heterocycles. The molecule has 0 radical (unpaired) electrons. The summed E-state index contributed by atoms with van der Waals surface area (Å²) in [5.74, 6) is -0.165. The minimum Gasteiger partial charge on any atom is -0.493 e. The average molecular weight is 382 g/mol. The van der Waals surface area contributed by atoms with Crippen molar-refractivity contribution in [2.24, 2.45) is 5.73 Å². The van der Waals surface area contributed by atoms with Gasteiger partial charge in [-0.3, -0.25) is 4.79 Å². The van der Waals surface area contributed by atoms with Crippen LogP contribution in [0.25, 0.3) is 6.08 Å². The molecule has 2 N–H and O–H groups in total. The number of ether oxygens (including phenoxy) is 4. The number of carbonyl (C=O) groups excluding carboxylic acids is 2. The van der Waals surface area contributed by atoms with E-state index in [1.807, 2.05) is 0 Å². The van der Waals surface area contributed by atoms with Crippen LogP contribution in [0.1, 0.15) is 15.9 Å². The molecule has 0 spiro atoms. The van der Waals surface area contributed by atoms with Crippen molar-refractivity contribution in [2.75, 3.05) is 21.3 Å². The third kappa shape index (κ3) is 4.59. The largest absolute Gasteiger partial charge is 0.493 e. The minimum atomic E-state index is -0.819.